The van der Waals surface area contributed by atoms with Crippen LogP contribution in [0.5, 0.6) is 5.75 Å². The molecule has 2 nitrogen and oxygen atoms in total. The zero-order valence-corrected chi connectivity index (χ0v) is 13.8. The highest BCUT2D eigenvalue weighted by atomic mass is 79.9. The number of rotatable bonds is 4. The lowest BCUT2D eigenvalue weighted by Crippen LogP contribution is -2.22. The third-order valence-corrected chi connectivity index (χ3v) is 4.86. The fraction of sp³-hybridized carbons (Fsp3) is 0.333. The Hall–Kier alpha value is -1.32. The zero-order valence-electron chi connectivity index (χ0n) is 12.2. The molecule has 3 rings (SSSR count). The first-order valence-electron chi connectivity index (χ1n) is 7.38. The van der Waals surface area contributed by atoms with Gasteiger partial charge in [0, 0.05) is 16.8 Å². The maximum absolute atomic E-state index is 6.08. The van der Waals surface area contributed by atoms with E-state index in [-0.39, 0.29) is 6.10 Å². The average molecular weight is 346 g/mol. The van der Waals surface area contributed by atoms with E-state index in [2.05, 4.69) is 59.3 Å². The van der Waals surface area contributed by atoms with Crippen molar-refractivity contribution in [1.82, 2.24) is 0 Å². The van der Waals surface area contributed by atoms with Gasteiger partial charge in [-0.1, -0.05) is 51.8 Å². The minimum absolute atomic E-state index is 0.224. The molecule has 0 radical (unpaired) electrons. The van der Waals surface area contributed by atoms with E-state index in [4.69, 9.17) is 10.5 Å². The summed E-state index contributed by atoms with van der Waals surface area (Å²) in [5, 5.41) is 0. The van der Waals surface area contributed by atoms with Crippen LogP contribution < -0.4 is 10.5 Å². The van der Waals surface area contributed by atoms with Crippen LogP contribution in [0.15, 0.2) is 46.9 Å². The second-order valence-electron chi connectivity index (χ2n) is 5.75. The van der Waals surface area contributed by atoms with Gasteiger partial charge in [-0.15, -0.1) is 0 Å². The molecule has 2 N–H and O–H groups in total. The third-order valence-electron chi connectivity index (χ3n) is 4.13. The Labute approximate surface area is 134 Å². The van der Waals surface area contributed by atoms with Gasteiger partial charge in [-0.3, -0.25) is 0 Å². The van der Waals surface area contributed by atoms with Crippen LogP contribution in [0.4, 0.5) is 0 Å². The summed E-state index contributed by atoms with van der Waals surface area (Å²) < 4.78 is 7.22. The summed E-state index contributed by atoms with van der Waals surface area (Å²) in [6, 6.07) is 14.7. The molecule has 1 aliphatic rings. The summed E-state index contributed by atoms with van der Waals surface area (Å²) in [5.74, 6) is 1.36. The number of hydrogen-bond acceptors (Lipinski definition) is 2. The van der Waals surface area contributed by atoms with E-state index in [0.717, 1.165) is 23.1 Å². The average Bonchev–Trinajstić information content (AvgIpc) is 2.87. The molecule has 0 spiro atoms. The van der Waals surface area contributed by atoms with E-state index in [1.165, 1.54) is 16.7 Å². The number of nitrogens with two attached hydrogens (primary N) is 1. The molecule has 0 amide bonds. The van der Waals surface area contributed by atoms with Gasteiger partial charge in [0.2, 0.25) is 0 Å². The van der Waals surface area contributed by atoms with Gasteiger partial charge in [-0.2, -0.15) is 0 Å². The number of fused-ring (bicyclic) bond motifs is 1. The molecule has 0 saturated heterocycles. The molecule has 0 aliphatic carbocycles. The van der Waals surface area contributed by atoms with Crippen molar-refractivity contribution >= 4 is 15.9 Å². The third kappa shape index (κ3) is 3.14. The van der Waals surface area contributed by atoms with Crippen molar-refractivity contribution in [3.05, 3.63) is 63.6 Å². The van der Waals surface area contributed by atoms with Crippen LogP contribution in [0.1, 0.15) is 29.0 Å². The summed E-state index contributed by atoms with van der Waals surface area (Å²) in [7, 11) is 0. The highest BCUT2D eigenvalue weighted by molar-refractivity contribution is 9.10. The highest BCUT2D eigenvalue weighted by Gasteiger charge is 2.26. The van der Waals surface area contributed by atoms with Crippen molar-refractivity contribution in [3.63, 3.8) is 0 Å². The first-order chi connectivity index (χ1) is 10.2. The van der Waals surface area contributed by atoms with Crippen LogP contribution >= 0.6 is 15.9 Å². The molecule has 21 heavy (non-hydrogen) atoms. The molecular formula is C18H20BrNO. The van der Waals surface area contributed by atoms with Crippen molar-refractivity contribution < 1.29 is 4.74 Å². The van der Waals surface area contributed by atoms with E-state index < -0.39 is 0 Å². The largest absolute Gasteiger partial charge is 0.490 e. The number of ether oxygens (including phenoxy) is 1. The monoisotopic (exact) mass is 345 g/mol. The van der Waals surface area contributed by atoms with Gasteiger partial charge in [0.1, 0.15) is 11.9 Å². The second kappa shape index (κ2) is 6.20. The number of aryl methyl sites for hydroxylation is 1. The molecule has 3 heteroatoms. The minimum Gasteiger partial charge on any atom is -0.490 e. The van der Waals surface area contributed by atoms with Crippen LogP contribution in [0, 0.1) is 6.92 Å². The summed E-state index contributed by atoms with van der Waals surface area (Å²) in [6.07, 6.45) is 2.16. The van der Waals surface area contributed by atoms with Gasteiger partial charge in [0.05, 0.1) is 0 Å². The lowest BCUT2D eigenvalue weighted by molar-refractivity contribution is 0.210. The first-order valence-corrected chi connectivity index (χ1v) is 8.17. The summed E-state index contributed by atoms with van der Waals surface area (Å²) in [4.78, 5) is 0. The Morgan fingerprint density at radius 2 is 2.10 bits per heavy atom. The smallest absolute Gasteiger partial charge is 0.123 e. The van der Waals surface area contributed by atoms with Crippen LogP contribution in [-0.2, 0) is 6.42 Å². The van der Waals surface area contributed by atoms with Gasteiger partial charge in [-0.05, 0) is 43.1 Å². The van der Waals surface area contributed by atoms with E-state index in [1.807, 2.05) is 6.07 Å². The molecule has 2 atom stereocenters. The quantitative estimate of drug-likeness (QED) is 0.901. The SMILES string of the molecule is Cc1ccc2c(c1)CC(CC(CN)c1ccccc1Br)O2. The number of benzene rings is 2. The van der Waals surface area contributed by atoms with E-state index in [1.54, 1.807) is 0 Å². The lowest BCUT2D eigenvalue weighted by Gasteiger charge is -2.20. The van der Waals surface area contributed by atoms with E-state index in [9.17, 15) is 0 Å². The van der Waals surface area contributed by atoms with Crippen molar-refractivity contribution in [3.8, 4) is 5.75 Å². The molecule has 2 aromatic carbocycles. The molecule has 0 aromatic heterocycles. The maximum Gasteiger partial charge on any atom is 0.123 e. The van der Waals surface area contributed by atoms with E-state index >= 15 is 0 Å². The lowest BCUT2D eigenvalue weighted by atomic mass is 9.91. The number of hydrogen-bond donors (Lipinski definition) is 1. The van der Waals surface area contributed by atoms with E-state index in [0.29, 0.717) is 12.5 Å². The zero-order chi connectivity index (χ0) is 14.8. The van der Waals surface area contributed by atoms with Gasteiger partial charge in [0.15, 0.2) is 0 Å². The molecule has 2 unspecified atom stereocenters. The van der Waals surface area contributed by atoms with Gasteiger partial charge >= 0.3 is 0 Å². The molecular weight excluding hydrogens is 326 g/mol. The fourth-order valence-corrected chi connectivity index (χ4v) is 3.66. The van der Waals surface area contributed by atoms with Gasteiger partial charge in [0.25, 0.3) is 0 Å². The van der Waals surface area contributed by atoms with Crippen LogP contribution in [0.25, 0.3) is 0 Å². The number of halogens is 1. The normalized spacial score (nSPS) is 18.1. The Morgan fingerprint density at radius 3 is 2.86 bits per heavy atom. The molecule has 0 saturated carbocycles. The fourth-order valence-electron chi connectivity index (χ4n) is 3.05. The molecule has 0 fully saturated rings. The minimum atomic E-state index is 0.224. The highest BCUT2D eigenvalue weighted by Crippen LogP contribution is 2.35. The molecule has 110 valence electrons. The summed E-state index contributed by atoms with van der Waals surface area (Å²) >= 11 is 3.63. The van der Waals surface area contributed by atoms with Gasteiger partial charge < -0.3 is 10.5 Å². The van der Waals surface area contributed by atoms with Crippen molar-refractivity contribution in [2.75, 3.05) is 6.54 Å². The maximum atomic E-state index is 6.08. The Kier molecular flexibility index (Phi) is 4.32. The Bertz CT molecular complexity index is 641. The predicted molar refractivity (Wildman–Crippen MR) is 89.9 cm³/mol. The van der Waals surface area contributed by atoms with Crippen LogP contribution in [-0.4, -0.2) is 12.6 Å². The second-order valence-corrected chi connectivity index (χ2v) is 6.60. The van der Waals surface area contributed by atoms with Gasteiger partial charge in [-0.25, -0.2) is 0 Å². The molecule has 1 aliphatic heterocycles. The molecule has 2 aromatic rings. The Morgan fingerprint density at radius 1 is 1.29 bits per heavy atom. The van der Waals surface area contributed by atoms with Crippen molar-refractivity contribution in [2.24, 2.45) is 5.73 Å². The van der Waals surface area contributed by atoms with Crippen molar-refractivity contribution in [2.45, 2.75) is 31.8 Å². The van der Waals surface area contributed by atoms with Crippen molar-refractivity contribution in [1.29, 1.82) is 0 Å². The standard InChI is InChI=1S/C18H20BrNO/c1-12-6-7-18-13(8-12)9-15(21-18)10-14(11-20)16-4-2-3-5-17(16)19/h2-8,14-15H,9-11,20H2,1H3. The molecule has 0 bridgehead atoms. The van der Waals surface area contributed by atoms with Crippen LogP contribution in [0.3, 0.4) is 0 Å². The summed E-state index contributed by atoms with van der Waals surface area (Å²) in [6.45, 7) is 2.76. The Balaban J connectivity index is 1.74. The molecule has 1 heterocycles. The predicted octanol–water partition coefficient (Wildman–Crippen LogP) is 4.19. The summed E-state index contributed by atoms with van der Waals surface area (Å²) in [5.41, 5.74) is 9.89. The van der Waals surface area contributed by atoms with Crippen LogP contribution in [0.2, 0.25) is 0 Å². The first kappa shape index (κ1) is 14.6. The topological polar surface area (TPSA) is 35.2 Å².